The van der Waals surface area contributed by atoms with Crippen LogP contribution < -0.4 is 10.1 Å². The smallest absolute Gasteiger partial charge is 0.308 e. The van der Waals surface area contributed by atoms with Gasteiger partial charge in [-0.05, 0) is 37.0 Å². The van der Waals surface area contributed by atoms with Gasteiger partial charge in [-0.25, -0.2) is 0 Å². The summed E-state index contributed by atoms with van der Waals surface area (Å²) in [5.41, 5.74) is 1.05. The van der Waals surface area contributed by atoms with Gasteiger partial charge in [0.1, 0.15) is 5.75 Å². The van der Waals surface area contributed by atoms with Crippen LogP contribution in [-0.2, 0) is 30.3 Å². The largest absolute Gasteiger partial charge is 0.497 e. The quantitative estimate of drug-likeness (QED) is 0.483. The molecule has 1 heterocycles. The fourth-order valence-electron chi connectivity index (χ4n) is 4.06. The van der Waals surface area contributed by atoms with Crippen molar-refractivity contribution in [2.75, 3.05) is 26.8 Å². The molecular formula is C22H28N2O6. The van der Waals surface area contributed by atoms with Crippen LogP contribution in [0.25, 0.3) is 0 Å². The first-order chi connectivity index (χ1) is 14.5. The first-order valence-electron chi connectivity index (χ1n) is 10.4. The van der Waals surface area contributed by atoms with Crippen molar-refractivity contribution >= 4 is 23.7 Å². The molecule has 3 amide bonds. The minimum Gasteiger partial charge on any atom is -0.497 e. The van der Waals surface area contributed by atoms with E-state index in [0.717, 1.165) is 37.0 Å². The van der Waals surface area contributed by atoms with E-state index in [9.17, 15) is 19.2 Å². The third-order valence-electron chi connectivity index (χ3n) is 5.73. The van der Waals surface area contributed by atoms with E-state index in [1.165, 1.54) is 4.90 Å². The van der Waals surface area contributed by atoms with Crippen molar-refractivity contribution in [2.24, 2.45) is 11.8 Å². The topological polar surface area (TPSA) is 102 Å². The highest BCUT2D eigenvalue weighted by Gasteiger charge is 2.47. The zero-order valence-corrected chi connectivity index (χ0v) is 17.2. The molecule has 0 bridgehead atoms. The van der Waals surface area contributed by atoms with Gasteiger partial charge in [0.05, 0.1) is 25.4 Å². The lowest BCUT2D eigenvalue weighted by molar-refractivity contribution is -0.149. The SMILES string of the molecule is COc1ccc(CCNC(=O)COC(=O)CCN2C(=O)[C@H]3CCCC[C@H]3C2=O)cc1. The van der Waals surface area contributed by atoms with Crippen LogP contribution >= 0.6 is 0 Å². The highest BCUT2D eigenvalue weighted by Crippen LogP contribution is 2.37. The van der Waals surface area contributed by atoms with Gasteiger partial charge >= 0.3 is 5.97 Å². The number of nitrogens with zero attached hydrogens (tertiary/aromatic N) is 1. The Hall–Kier alpha value is -2.90. The number of imide groups is 1. The Morgan fingerprint density at radius 3 is 2.30 bits per heavy atom. The van der Waals surface area contributed by atoms with Gasteiger partial charge in [-0.1, -0.05) is 25.0 Å². The maximum absolute atomic E-state index is 12.4. The molecule has 2 aliphatic rings. The van der Waals surface area contributed by atoms with Crippen LogP contribution in [-0.4, -0.2) is 55.4 Å². The third kappa shape index (κ3) is 5.37. The number of benzene rings is 1. The lowest BCUT2D eigenvalue weighted by atomic mass is 9.81. The minimum absolute atomic E-state index is 0.0165. The van der Waals surface area contributed by atoms with Gasteiger partial charge in [0, 0.05) is 13.1 Å². The van der Waals surface area contributed by atoms with E-state index in [-0.39, 0.29) is 43.2 Å². The monoisotopic (exact) mass is 416 g/mol. The second-order valence-corrected chi connectivity index (χ2v) is 7.68. The summed E-state index contributed by atoms with van der Waals surface area (Å²) < 4.78 is 10.1. The standard InChI is InChI=1S/C22H28N2O6/c1-29-16-8-6-15(7-9-16)10-12-23-19(25)14-30-20(26)11-13-24-21(27)17-4-2-3-5-18(17)22(24)28/h6-9,17-18H,2-5,10-14H2,1H3,(H,23,25)/t17-,18+. The van der Waals surface area contributed by atoms with Gasteiger partial charge < -0.3 is 14.8 Å². The molecule has 30 heavy (non-hydrogen) atoms. The van der Waals surface area contributed by atoms with Crippen LogP contribution in [0, 0.1) is 11.8 Å². The molecule has 1 aliphatic carbocycles. The average Bonchev–Trinajstić information content (AvgIpc) is 3.01. The number of ether oxygens (including phenoxy) is 2. The van der Waals surface area contributed by atoms with E-state index in [2.05, 4.69) is 5.32 Å². The van der Waals surface area contributed by atoms with Crippen molar-refractivity contribution in [3.63, 3.8) is 0 Å². The zero-order valence-electron chi connectivity index (χ0n) is 17.2. The molecule has 1 aliphatic heterocycles. The molecule has 1 aromatic rings. The number of hydrogen-bond donors (Lipinski definition) is 1. The first-order valence-corrected chi connectivity index (χ1v) is 10.4. The van der Waals surface area contributed by atoms with Crippen LogP contribution in [0.15, 0.2) is 24.3 Å². The van der Waals surface area contributed by atoms with E-state index in [1.54, 1.807) is 7.11 Å². The van der Waals surface area contributed by atoms with Crippen LogP contribution in [0.3, 0.4) is 0 Å². The number of rotatable bonds is 9. The molecule has 1 N–H and O–H groups in total. The number of likely N-dealkylation sites (tertiary alicyclic amines) is 1. The van der Waals surface area contributed by atoms with Gasteiger partial charge in [-0.3, -0.25) is 24.1 Å². The summed E-state index contributed by atoms with van der Waals surface area (Å²) in [6, 6.07) is 7.54. The fraction of sp³-hybridized carbons (Fsp3) is 0.545. The molecule has 2 atom stereocenters. The summed E-state index contributed by atoms with van der Waals surface area (Å²) in [4.78, 5) is 49.7. The first kappa shape index (κ1) is 21.8. The number of methoxy groups -OCH3 is 1. The summed E-state index contributed by atoms with van der Waals surface area (Å²) in [6.45, 7) is 0.0550. The van der Waals surface area contributed by atoms with E-state index in [0.29, 0.717) is 13.0 Å². The van der Waals surface area contributed by atoms with Gasteiger partial charge in [0.25, 0.3) is 5.91 Å². The molecule has 1 saturated carbocycles. The lowest BCUT2D eigenvalue weighted by Gasteiger charge is -2.19. The Labute approximate surface area is 175 Å². The lowest BCUT2D eigenvalue weighted by Crippen LogP contribution is -2.34. The van der Waals surface area contributed by atoms with Crippen molar-refractivity contribution < 1.29 is 28.7 Å². The molecule has 0 unspecified atom stereocenters. The van der Waals surface area contributed by atoms with Crippen LogP contribution in [0.4, 0.5) is 0 Å². The van der Waals surface area contributed by atoms with E-state index in [4.69, 9.17) is 9.47 Å². The third-order valence-corrected chi connectivity index (χ3v) is 5.73. The molecule has 0 spiro atoms. The predicted octanol–water partition coefficient (Wildman–Crippen LogP) is 1.46. The van der Waals surface area contributed by atoms with Crippen LogP contribution in [0.2, 0.25) is 0 Å². The Bertz CT molecular complexity index is 767. The number of nitrogens with one attached hydrogen (secondary N) is 1. The number of hydrogen-bond acceptors (Lipinski definition) is 6. The maximum Gasteiger partial charge on any atom is 0.308 e. The van der Waals surface area contributed by atoms with Crippen LogP contribution in [0.5, 0.6) is 5.75 Å². The van der Waals surface area contributed by atoms with Gasteiger partial charge in [-0.2, -0.15) is 0 Å². The number of fused-ring (bicyclic) bond motifs is 1. The Morgan fingerprint density at radius 2 is 1.70 bits per heavy atom. The Morgan fingerprint density at radius 1 is 1.07 bits per heavy atom. The highest BCUT2D eigenvalue weighted by atomic mass is 16.5. The summed E-state index contributed by atoms with van der Waals surface area (Å²) in [6.07, 6.45) is 3.95. The average molecular weight is 416 g/mol. The van der Waals surface area contributed by atoms with Crippen LogP contribution in [0.1, 0.15) is 37.7 Å². The molecular weight excluding hydrogens is 388 g/mol. The maximum atomic E-state index is 12.4. The van der Waals surface area contributed by atoms with Crippen molar-refractivity contribution in [2.45, 2.75) is 38.5 Å². The molecule has 0 radical (unpaired) electrons. The zero-order chi connectivity index (χ0) is 21.5. The molecule has 1 saturated heterocycles. The second-order valence-electron chi connectivity index (χ2n) is 7.68. The molecule has 8 heteroatoms. The van der Waals surface area contributed by atoms with Gasteiger partial charge in [0.2, 0.25) is 11.8 Å². The predicted molar refractivity (Wildman–Crippen MR) is 107 cm³/mol. The summed E-state index contributed by atoms with van der Waals surface area (Å²) >= 11 is 0. The van der Waals surface area contributed by atoms with Crippen molar-refractivity contribution in [1.82, 2.24) is 10.2 Å². The Kier molecular flexibility index (Phi) is 7.43. The highest BCUT2D eigenvalue weighted by molar-refractivity contribution is 6.05. The summed E-state index contributed by atoms with van der Waals surface area (Å²) in [5.74, 6) is -1.02. The second kappa shape index (κ2) is 10.2. The van der Waals surface area contributed by atoms with E-state index in [1.807, 2.05) is 24.3 Å². The van der Waals surface area contributed by atoms with Gasteiger partial charge in [-0.15, -0.1) is 0 Å². The normalized spacial score (nSPS) is 20.6. The number of amides is 3. The van der Waals surface area contributed by atoms with Crippen molar-refractivity contribution in [3.05, 3.63) is 29.8 Å². The number of carbonyl (C=O) groups excluding carboxylic acids is 4. The fourth-order valence-corrected chi connectivity index (χ4v) is 4.06. The molecule has 1 aromatic carbocycles. The molecule has 8 nitrogen and oxygen atoms in total. The van der Waals surface area contributed by atoms with Crippen molar-refractivity contribution in [1.29, 1.82) is 0 Å². The molecule has 3 rings (SSSR count). The molecule has 162 valence electrons. The minimum atomic E-state index is -0.601. The molecule has 0 aromatic heterocycles. The van der Waals surface area contributed by atoms with Crippen molar-refractivity contribution in [3.8, 4) is 5.75 Å². The van der Waals surface area contributed by atoms with Gasteiger partial charge in [0.15, 0.2) is 6.61 Å². The summed E-state index contributed by atoms with van der Waals surface area (Å²) in [5, 5.41) is 2.69. The number of carbonyl (C=O) groups is 4. The summed E-state index contributed by atoms with van der Waals surface area (Å²) in [7, 11) is 1.60. The van der Waals surface area contributed by atoms with E-state index < -0.39 is 11.9 Å². The number of esters is 1. The molecule has 2 fully saturated rings. The van der Waals surface area contributed by atoms with E-state index >= 15 is 0 Å². The Balaban J connectivity index is 1.32.